The molecule has 0 spiro atoms. The van der Waals surface area contributed by atoms with Gasteiger partial charge in [0.2, 0.25) is 11.7 Å². The summed E-state index contributed by atoms with van der Waals surface area (Å²) in [7, 11) is 0. The highest BCUT2D eigenvalue weighted by Gasteiger charge is 2.76. The number of nitrogens with zero attached hydrogens (tertiary/aromatic N) is 1. The fourth-order valence-electron chi connectivity index (χ4n) is 9.55. The second-order valence-electron chi connectivity index (χ2n) is 14.7. The zero-order valence-corrected chi connectivity index (χ0v) is 29.3. The van der Waals surface area contributed by atoms with E-state index in [1.54, 1.807) is 6.08 Å². The molecule has 0 radical (unpaired) electrons. The normalized spacial score (nSPS) is 36.8. The average molecular weight is 723 g/mol. The largest absolute Gasteiger partial charge is 0.464 e. The number of aliphatic hydroxyl groups excluding tert-OH is 1. The molecule has 0 aromatic heterocycles. The molecule has 0 aromatic carbocycles. The first-order valence-electron chi connectivity index (χ1n) is 17.6. The van der Waals surface area contributed by atoms with Crippen LogP contribution in [0.5, 0.6) is 0 Å². The summed E-state index contributed by atoms with van der Waals surface area (Å²) in [5, 5.41) is 23.5. The first-order valence-corrected chi connectivity index (χ1v) is 17.6. The van der Waals surface area contributed by atoms with Crippen LogP contribution in [0.1, 0.15) is 79.1 Å². The van der Waals surface area contributed by atoms with Crippen molar-refractivity contribution < 1.29 is 62.3 Å². The molecule has 0 bridgehead atoms. The summed E-state index contributed by atoms with van der Waals surface area (Å²) in [6.45, 7) is 5.69. The lowest BCUT2D eigenvalue weighted by Gasteiger charge is -2.60. The van der Waals surface area contributed by atoms with Crippen molar-refractivity contribution in [3.63, 3.8) is 0 Å². The molecule has 3 saturated carbocycles. The summed E-state index contributed by atoms with van der Waals surface area (Å²) >= 11 is 0. The second-order valence-corrected chi connectivity index (χ2v) is 14.7. The van der Waals surface area contributed by atoms with Gasteiger partial charge in [-0.25, -0.2) is 9.18 Å². The predicted octanol–water partition coefficient (Wildman–Crippen LogP) is 2.64. The van der Waals surface area contributed by atoms with Gasteiger partial charge in [0.15, 0.2) is 24.3 Å². The molecule has 11 atom stereocenters. The third-order valence-corrected chi connectivity index (χ3v) is 11.6. The number of rotatable bonds is 15. The molecule has 1 amide bonds. The topological polar surface area (TPSA) is 207 Å². The number of ketones is 2. The Morgan fingerprint density at radius 1 is 1.18 bits per heavy atom. The fourth-order valence-corrected chi connectivity index (χ4v) is 9.55. The third kappa shape index (κ3) is 7.18. The lowest BCUT2D eigenvalue weighted by atomic mass is 9.46. The molecule has 1 aliphatic heterocycles. The second kappa shape index (κ2) is 15.1. The van der Waals surface area contributed by atoms with E-state index in [2.05, 4.69) is 10.2 Å². The maximum absolute atomic E-state index is 15.9. The standard InChI is InChI=1S/C35H47FN2O13/c1-5-8-30-50-28-15-22-21-14-24(36)23-13-20(40)9-10-33(23,3)31(21)26(41)17-34(22,4)35(28,51-30)27(42)18-48-29(43)16-25(37-19(2)39)32(44)47-11-6-7-12-49-38(45)46/h9-10,13,21-22,24-26,28,30-31,41H,5-8,11-12,14-18H2,1-4H3,(H,37,39)/t21-,22-,24-,25?,26-,28+,30?,31+,33-,34-,35-/m0/s1. The minimum absolute atomic E-state index is 0.0577. The average Bonchev–Trinajstić information content (AvgIpc) is 3.53. The van der Waals surface area contributed by atoms with Gasteiger partial charge in [0.05, 0.1) is 31.8 Å². The maximum Gasteiger partial charge on any atom is 0.329 e. The molecule has 2 unspecified atom stereocenters. The van der Waals surface area contributed by atoms with Crippen molar-refractivity contribution in [3.05, 3.63) is 33.9 Å². The molecule has 16 heteroatoms. The zero-order valence-electron chi connectivity index (χ0n) is 29.3. The molecule has 2 N–H and O–H groups in total. The molecule has 5 aliphatic rings. The van der Waals surface area contributed by atoms with Gasteiger partial charge in [-0.15, -0.1) is 10.1 Å². The van der Waals surface area contributed by atoms with Crippen LogP contribution in [0, 0.1) is 38.7 Å². The number of hydrogen-bond donors (Lipinski definition) is 2. The number of fused-ring (bicyclic) bond motifs is 7. The van der Waals surface area contributed by atoms with Crippen LogP contribution < -0.4 is 5.32 Å². The molecule has 4 aliphatic carbocycles. The zero-order chi connectivity index (χ0) is 37.3. The minimum atomic E-state index is -1.63. The number of carbonyl (C=O) groups excluding carboxylic acids is 5. The molecule has 1 saturated heterocycles. The summed E-state index contributed by atoms with van der Waals surface area (Å²) < 4.78 is 39.3. The van der Waals surface area contributed by atoms with Crippen LogP contribution in [0.3, 0.4) is 0 Å². The van der Waals surface area contributed by atoms with Crippen LogP contribution in [0.4, 0.5) is 4.39 Å². The van der Waals surface area contributed by atoms with Gasteiger partial charge in [0.1, 0.15) is 12.2 Å². The highest BCUT2D eigenvalue weighted by atomic mass is 19.1. The van der Waals surface area contributed by atoms with E-state index in [1.807, 2.05) is 20.8 Å². The molecule has 15 nitrogen and oxygen atoms in total. The van der Waals surface area contributed by atoms with Gasteiger partial charge in [0.25, 0.3) is 5.09 Å². The summed E-state index contributed by atoms with van der Waals surface area (Å²) in [6.07, 6.45) is 2.06. The van der Waals surface area contributed by atoms with Crippen molar-refractivity contribution in [2.45, 2.75) is 115 Å². The fraction of sp³-hybridized carbons (Fsp3) is 0.743. The Balaban J connectivity index is 1.30. The number of alkyl halides is 1. The Bertz CT molecular complexity index is 1480. The highest BCUT2D eigenvalue weighted by Crippen LogP contribution is 2.70. The first-order chi connectivity index (χ1) is 24.1. The van der Waals surface area contributed by atoms with E-state index in [0.717, 1.165) is 6.92 Å². The SMILES string of the molecule is CCCC1O[C@@H]2C[C@H]3[C@@H]4C[C@H](F)C5=CC(=O)C=C[C@]5(C)[C@H]4[C@@H](O)C[C@]3(C)[C@@]2(C(=O)COC(=O)CC(NC(C)=O)C(=O)OCCCCO[N+](=O)[O-])O1. The molecule has 0 aromatic rings. The van der Waals surface area contributed by atoms with Crippen LogP contribution in [-0.4, -0.2) is 95.7 Å². The van der Waals surface area contributed by atoms with Crippen LogP contribution in [0.15, 0.2) is 23.8 Å². The monoisotopic (exact) mass is 722 g/mol. The lowest BCUT2D eigenvalue weighted by Crippen LogP contribution is -2.64. The maximum atomic E-state index is 15.9. The number of ether oxygens (including phenoxy) is 4. The number of unbranched alkanes of at least 4 members (excludes halogenated alkanes) is 1. The number of esters is 2. The Kier molecular flexibility index (Phi) is 11.4. The number of amides is 1. The van der Waals surface area contributed by atoms with Gasteiger partial charge in [-0.1, -0.05) is 33.3 Å². The van der Waals surface area contributed by atoms with Crippen LogP contribution in [-0.2, 0) is 47.8 Å². The van der Waals surface area contributed by atoms with E-state index >= 15 is 4.39 Å². The quantitative estimate of drug-likeness (QED) is 0.108. The van der Waals surface area contributed by atoms with Crippen molar-refractivity contribution in [2.75, 3.05) is 19.8 Å². The van der Waals surface area contributed by atoms with Gasteiger partial charge in [-0.2, -0.15) is 0 Å². The highest BCUT2D eigenvalue weighted by molar-refractivity contribution is 6.01. The van der Waals surface area contributed by atoms with Gasteiger partial charge in [-0.05, 0) is 68.1 Å². The summed E-state index contributed by atoms with van der Waals surface area (Å²) in [5.41, 5.74) is -3.21. The summed E-state index contributed by atoms with van der Waals surface area (Å²) in [4.78, 5) is 78.5. The predicted molar refractivity (Wildman–Crippen MR) is 172 cm³/mol. The number of hydrogen-bond acceptors (Lipinski definition) is 13. The number of aliphatic hydroxyl groups is 1. The molecule has 1 heterocycles. The van der Waals surface area contributed by atoms with E-state index < -0.39 is 94.8 Å². The van der Waals surface area contributed by atoms with Gasteiger partial charge < -0.3 is 34.2 Å². The molecular weight excluding hydrogens is 675 g/mol. The van der Waals surface area contributed by atoms with Crippen molar-refractivity contribution in [1.29, 1.82) is 0 Å². The van der Waals surface area contributed by atoms with E-state index in [1.165, 1.54) is 12.2 Å². The van der Waals surface area contributed by atoms with Crippen LogP contribution in [0.25, 0.3) is 0 Å². The van der Waals surface area contributed by atoms with Crippen molar-refractivity contribution in [3.8, 4) is 0 Å². The molecular formula is C35H47FN2O13. The number of halogens is 1. The van der Waals surface area contributed by atoms with E-state index in [4.69, 9.17) is 18.9 Å². The smallest absolute Gasteiger partial charge is 0.329 e. The van der Waals surface area contributed by atoms with E-state index in [9.17, 15) is 39.2 Å². The van der Waals surface area contributed by atoms with Gasteiger partial charge in [-0.3, -0.25) is 19.2 Å². The lowest BCUT2D eigenvalue weighted by molar-refractivity contribution is -0.757. The van der Waals surface area contributed by atoms with Gasteiger partial charge >= 0.3 is 11.9 Å². The third-order valence-electron chi connectivity index (χ3n) is 11.6. The number of nitrogens with one attached hydrogen (secondary N) is 1. The first kappa shape index (κ1) is 38.5. The Hall–Kier alpha value is -3.76. The van der Waals surface area contributed by atoms with E-state index in [0.29, 0.717) is 24.8 Å². The number of carbonyl (C=O) groups is 5. The van der Waals surface area contributed by atoms with E-state index in [-0.39, 0.29) is 56.5 Å². The summed E-state index contributed by atoms with van der Waals surface area (Å²) in [6, 6.07) is -1.42. The van der Waals surface area contributed by atoms with Crippen LogP contribution >= 0.6 is 0 Å². The van der Waals surface area contributed by atoms with Crippen molar-refractivity contribution in [1.82, 2.24) is 5.32 Å². The van der Waals surface area contributed by atoms with Crippen molar-refractivity contribution in [2.24, 2.45) is 28.6 Å². The van der Waals surface area contributed by atoms with Gasteiger partial charge in [0, 0.05) is 23.7 Å². The minimum Gasteiger partial charge on any atom is -0.464 e. The van der Waals surface area contributed by atoms with Crippen LogP contribution in [0.2, 0.25) is 0 Å². The molecule has 5 rings (SSSR count). The Morgan fingerprint density at radius 2 is 1.90 bits per heavy atom. The molecule has 51 heavy (non-hydrogen) atoms. The Labute approximate surface area is 294 Å². The van der Waals surface area contributed by atoms with Crippen molar-refractivity contribution >= 4 is 29.4 Å². The number of allylic oxidation sites excluding steroid dienone is 4. The molecule has 4 fully saturated rings. The number of Topliss-reactive ketones (excluding diaryl/α,β-unsaturated/α-hetero) is 1. The molecule has 282 valence electrons. The Morgan fingerprint density at radius 3 is 2.59 bits per heavy atom. The summed E-state index contributed by atoms with van der Waals surface area (Å²) in [5.74, 6) is -4.53.